The fourth-order valence-electron chi connectivity index (χ4n) is 2.73. The third-order valence-corrected chi connectivity index (χ3v) is 4.12. The van der Waals surface area contributed by atoms with Crippen molar-refractivity contribution in [1.29, 1.82) is 0 Å². The summed E-state index contributed by atoms with van der Waals surface area (Å²) in [6.45, 7) is 3.32. The Labute approximate surface area is 161 Å². The van der Waals surface area contributed by atoms with Crippen molar-refractivity contribution < 1.29 is 22.5 Å². The molecule has 0 saturated carbocycles. The summed E-state index contributed by atoms with van der Waals surface area (Å²) in [6, 6.07) is 7.01. The predicted octanol–water partition coefficient (Wildman–Crippen LogP) is 4.74. The van der Waals surface area contributed by atoms with E-state index in [1.807, 2.05) is 0 Å². The summed E-state index contributed by atoms with van der Waals surface area (Å²) in [5.41, 5.74) is -0.734. The smallest absolute Gasteiger partial charge is 0.431 e. The van der Waals surface area contributed by atoms with Gasteiger partial charge in [0, 0.05) is 17.2 Å². The highest BCUT2D eigenvalue weighted by Crippen LogP contribution is 2.31. The molecule has 0 bridgehead atoms. The van der Waals surface area contributed by atoms with Crippen molar-refractivity contribution in [1.82, 2.24) is 9.97 Å². The highest BCUT2D eigenvalue weighted by atomic mass is 19.4. The number of furan rings is 1. The summed E-state index contributed by atoms with van der Waals surface area (Å²) >= 11 is 0. The SMILES string of the molecule is Cc1cc([N+](=O)[O-])c(C)cc1-c1ccc(C=Cc2cc(C(F)(F)F)[nH]c(=O)n2)o1. The summed E-state index contributed by atoms with van der Waals surface area (Å²) < 4.78 is 44.0. The second-order valence-electron chi connectivity index (χ2n) is 6.27. The molecule has 29 heavy (non-hydrogen) atoms. The van der Waals surface area contributed by atoms with Crippen LogP contribution in [0.15, 0.2) is 39.5 Å². The van der Waals surface area contributed by atoms with E-state index in [9.17, 15) is 28.1 Å². The van der Waals surface area contributed by atoms with Crippen LogP contribution in [0.3, 0.4) is 0 Å². The van der Waals surface area contributed by atoms with Crippen molar-refractivity contribution in [3.05, 3.63) is 79.2 Å². The number of benzene rings is 1. The number of aryl methyl sites for hydroxylation is 2. The van der Waals surface area contributed by atoms with Gasteiger partial charge in [-0.05, 0) is 55.8 Å². The van der Waals surface area contributed by atoms with Gasteiger partial charge in [0.15, 0.2) is 0 Å². The van der Waals surface area contributed by atoms with Gasteiger partial charge in [0.2, 0.25) is 0 Å². The van der Waals surface area contributed by atoms with Crippen molar-refractivity contribution in [2.45, 2.75) is 20.0 Å². The molecular formula is C19H14F3N3O4. The zero-order valence-electron chi connectivity index (χ0n) is 15.2. The molecule has 150 valence electrons. The second kappa shape index (κ2) is 7.38. The Hall–Kier alpha value is -3.69. The quantitative estimate of drug-likeness (QED) is 0.499. The van der Waals surface area contributed by atoms with Crippen LogP contribution < -0.4 is 5.69 Å². The minimum absolute atomic E-state index is 0.00114. The molecule has 0 radical (unpaired) electrons. The van der Waals surface area contributed by atoms with E-state index in [4.69, 9.17) is 4.42 Å². The fraction of sp³-hybridized carbons (Fsp3) is 0.158. The Bertz CT molecular complexity index is 1180. The number of H-pyrrole nitrogens is 1. The highest BCUT2D eigenvalue weighted by Gasteiger charge is 2.32. The van der Waals surface area contributed by atoms with Crippen molar-refractivity contribution in [3.63, 3.8) is 0 Å². The van der Waals surface area contributed by atoms with Gasteiger partial charge in [0.25, 0.3) is 5.69 Å². The van der Waals surface area contributed by atoms with Gasteiger partial charge in [-0.15, -0.1) is 0 Å². The first-order valence-electron chi connectivity index (χ1n) is 8.27. The van der Waals surface area contributed by atoms with Gasteiger partial charge in [0.05, 0.1) is 10.6 Å². The number of aromatic nitrogens is 2. The Morgan fingerprint density at radius 1 is 1.14 bits per heavy atom. The van der Waals surface area contributed by atoms with Crippen LogP contribution in [0.1, 0.15) is 28.3 Å². The summed E-state index contributed by atoms with van der Waals surface area (Å²) in [5.74, 6) is 0.751. The zero-order valence-corrected chi connectivity index (χ0v) is 15.2. The normalized spacial score (nSPS) is 11.9. The fourth-order valence-corrected chi connectivity index (χ4v) is 2.73. The van der Waals surface area contributed by atoms with Crippen LogP contribution in [-0.4, -0.2) is 14.9 Å². The number of nitrogens with one attached hydrogen (secondary N) is 1. The van der Waals surface area contributed by atoms with Crippen LogP contribution in [0.5, 0.6) is 0 Å². The average molecular weight is 405 g/mol. The molecule has 0 aliphatic carbocycles. The topological polar surface area (TPSA) is 102 Å². The lowest BCUT2D eigenvalue weighted by Gasteiger charge is -2.06. The molecule has 2 aromatic heterocycles. The Morgan fingerprint density at radius 2 is 1.86 bits per heavy atom. The van der Waals surface area contributed by atoms with Crippen LogP contribution in [-0.2, 0) is 6.18 Å². The molecule has 0 fully saturated rings. The van der Waals surface area contributed by atoms with Gasteiger partial charge in [-0.1, -0.05) is 0 Å². The summed E-state index contributed by atoms with van der Waals surface area (Å²) in [7, 11) is 0. The lowest BCUT2D eigenvalue weighted by atomic mass is 10.0. The maximum atomic E-state index is 12.8. The van der Waals surface area contributed by atoms with Gasteiger partial charge in [0.1, 0.15) is 17.2 Å². The van der Waals surface area contributed by atoms with Gasteiger partial charge in [-0.25, -0.2) is 4.79 Å². The van der Waals surface area contributed by atoms with Crippen molar-refractivity contribution in [2.24, 2.45) is 0 Å². The molecule has 0 saturated heterocycles. The molecule has 0 aliphatic heterocycles. The molecule has 2 heterocycles. The first-order chi connectivity index (χ1) is 13.5. The van der Waals surface area contributed by atoms with E-state index in [1.165, 1.54) is 18.2 Å². The van der Waals surface area contributed by atoms with Crippen LogP contribution in [0, 0.1) is 24.0 Å². The average Bonchev–Trinajstić information content (AvgIpc) is 3.09. The van der Waals surface area contributed by atoms with Gasteiger partial charge < -0.3 is 9.40 Å². The van der Waals surface area contributed by atoms with Crippen molar-refractivity contribution in [3.8, 4) is 11.3 Å². The monoisotopic (exact) mass is 405 g/mol. The van der Waals surface area contributed by atoms with Gasteiger partial charge >= 0.3 is 11.9 Å². The van der Waals surface area contributed by atoms with E-state index >= 15 is 0 Å². The Kier molecular flexibility index (Phi) is 5.10. The number of halogens is 3. The van der Waals surface area contributed by atoms with E-state index in [2.05, 4.69) is 4.98 Å². The second-order valence-corrected chi connectivity index (χ2v) is 6.27. The van der Waals surface area contributed by atoms with Gasteiger partial charge in [-0.2, -0.15) is 18.2 Å². The van der Waals surface area contributed by atoms with Crippen LogP contribution >= 0.6 is 0 Å². The summed E-state index contributed by atoms with van der Waals surface area (Å²) in [5, 5.41) is 11.0. The third-order valence-electron chi connectivity index (χ3n) is 4.12. The van der Waals surface area contributed by atoms with Crippen molar-refractivity contribution in [2.75, 3.05) is 0 Å². The van der Waals surface area contributed by atoms with E-state index in [0.29, 0.717) is 34.3 Å². The molecule has 0 amide bonds. The third kappa shape index (κ3) is 4.42. The minimum Gasteiger partial charge on any atom is -0.457 e. The molecule has 10 heteroatoms. The van der Waals surface area contributed by atoms with E-state index in [0.717, 1.165) is 0 Å². The van der Waals surface area contributed by atoms with E-state index < -0.39 is 22.5 Å². The molecule has 3 rings (SSSR count). The molecule has 3 aromatic rings. The molecule has 7 nitrogen and oxygen atoms in total. The number of hydrogen-bond donors (Lipinski definition) is 1. The number of hydrogen-bond acceptors (Lipinski definition) is 5. The lowest BCUT2D eigenvalue weighted by Crippen LogP contribution is -2.19. The molecule has 1 N–H and O–H groups in total. The molecule has 0 spiro atoms. The highest BCUT2D eigenvalue weighted by molar-refractivity contribution is 5.70. The lowest BCUT2D eigenvalue weighted by molar-refractivity contribution is -0.385. The number of rotatable bonds is 4. The van der Waals surface area contributed by atoms with Gasteiger partial charge in [-0.3, -0.25) is 10.1 Å². The van der Waals surface area contributed by atoms with E-state index in [-0.39, 0.29) is 11.4 Å². The minimum atomic E-state index is -4.70. The number of nitro groups is 1. The molecule has 0 aliphatic rings. The number of aromatic amines is 1. The number of alkyl halides is 3. The zero-order chi connectivity index (χ0) is 21.3. The summed E-state index contributed by atoms with van der Waals surface area (Å²) in [4.78, 5) is 27.0. The molecule has 1 aromatic carbocycles. The number of nitrogens with zero attached hydrogens (tertiary/aromatic N) is 2. The van der Waals surface area contributed by atoms with E-state index in [1.54, 1.807) is 37.0 Å². The van der Waals surface area contributed by atoms with Crippen LogP contribution in [0.2, 0.25) is 0 Å². The van der Waals surface area contributed by atoms with Crippen molar-refractivity contribution >= 4 is 17.8 Å². The Balaban J connectivity index is 1.90. The molecule has 0 unspecified atom stereocenters. The number of nitro benzene ring substituents is 1. The van der Waals surface area contributed by atoms with Crippen LogP contribution in [0.25, 0.3) is 23.5 Å². The first-order valence-corrected chi connectivity index (χ1v) is 8.27. The Morgan fingerprint density at radius 3 is 2.52 bits per heavy atom. The molecular weight excluding hydrogens is 391 g/mol. The predicted molar refractivity (Wildman–Crippen MR) is 99.1 cm³/mol. The molecule has 0 atom stereocenters. The maximum absolute atomic E-state index is 12.8. The maximum Gasteiger partial charge on any atom is 0.431 e. The first kappa shape index (κ1) is 20.1. The van der Waals surface area contributed by atoms with Crippen LogP contribution in [0.4, 0.5) is 18.9 Å². The largest absolute Gasteiger partial charge is 0.457 e. The standard InChI is InChI=1S/C19H14F3N3O4/c1-10-8-15(25(27)28)11(2)7-14(10)16-6-5-13(29-16)4-3-12-9-17(19(20,21)22)24-18(26)23-12/h3-9H,1-2H3,(H,23,24,26). The summed E-state index contributed by atoms with van der Waals surface area (Å²) in [6.07, 6.45) is -2.10.